The van der Waals surface area contributed by atoms with Crippen LogP contribution in [0.5, 0.6) is 0 Å². The number of benzene rings is 1. The molecule has 98 valence electrons. The summed E-state index contributed by atoms with van der Waals surface area (Å²) in [5.74, 6) is -0.178. The van der Waals surface area contributed by atoms with Crippen LogP contribution in [0.3, 0.4) is 0 Å². The molecule has 0 bridgehead atoms. The van der Waals surface area contributed by atoms with Crippen molar-refractivity contribution < 1.29 is 9.90 Å². The van der Waals surface area contributed by atoms with Crippen LogP contribution in [-0.2, 0) is 0 Å². The third-order valence-corrected chi connectivity index (χ3v) is 4.46. The van der Waals surface area contributed by atoms with Gasteiger partial charge in [-0.25, -0.2) is 0 Å². The van der Waals surface area contributed by atoms with E-state index in [4.69, 9.17) is 11.6 Å². The number of carbonyl (C=O) groups excluding carboxylic acids is 1. The molecule has 1 amide bonds. The minimum atomic E-state index is -0.723. The summed E-state index contributed by atoms with van der Waals surface area (Å²) in [4.78, 5) is 12.0. The number of hydrogen-bond acceptors (Lipinski definition) is 2. The van der Waals surface area contributed by atoms with Gasteiger partial charge in [0, 0.05) is 15.1 Å². The van der Waals surface area contributed by atoms with Crippen LogP contribution in [0.2, 0.25) is 5.02 Å². The molecule has 0 heterocycles. The first kappa shape index (κ1) is 14.1. The second kappa shape index (κ2) is 5.75. The maximum atomic E-state index is 12.0. The van der Waals surface area contributed by atoms with E-state index in [0.717, 1.165) is 29.3 Å². The first-order chi connectivity index (χ1) is 8.50. The first-order valence-corrected chi connectivity index (χ1v) is 7.41. The fourth-order valence-electron chi connectivity index (χ4n) is 2.22. The van der Waals surface area contributed by atoms with Gasteiger partial charge in [-0.1, -0.05) is 24.4 Å². The Morgan fingerprint density at radius 1 is 1.44 bits per heavy atom. The number of carbonyl (C=O) groups is 1. The molecule has 1 aliphatic rings. The molecule has 1 aliphatic carbocycles. The van der Waals surface area contributed by atoms with Crippen LogP contribution in [0.4, 0.5) is 0 Å². The molecule has 3 nitrogen and oxygen atoms in total. The number of rotatable bonds is 3. The molecule has 0 aromatic heterocycles. The van der Waals surface area contributed by atoms with E-state index in [1.54, 1.807) is 12.1 Å². The van der Waals surface area contributed by atoms with Gasteiger partial charge in [0.05, 0.1) is 11.2 Å². The van der Waals surface area contributed by atoms with Crippen LogP contribution >= 0.6 is 34.2 Å². The van der Waals surface area contributed by atoms with Gasteiger partial charge in [0.15, 0.2) is 0 Å². The minimum absolute atomic E-state index is 0.178. The van der Waals surface area contributed by atoms with E-state index in [1.165, 1.54) is 0 Å². The van der Waals surface area contributed by atoms with Crippen molar-refractivity contribution in [2.24, 2.45) is 0 Å². The van der Waals surface area contributed by atoms with E-state index in [1.807, 2.05) is 6.07 Å². The van der Waals surface area contributed by atoms with Crippen molar-refractivity contribution in [1.82, 2.24) is 5.32 Å². The van der Waals surface area contributed by atoms with Crippen LogP contribution < -0.4 is 5.32 Å². The van der Waals surface area contributed by atoms with Gasteiger partial charge < -0.3 is 10.4 Å². The van der Waals surface area contributed by atoms with Crippen molar-refractivity contribution in [2.75, 3.05) is 6.54 Å². The SMILES string of the molecule is O=C(NCC1(O)CCCC1)c1cc(Cl)ccc1I. The molecule has 0 saturated heterocycles. The Kier molecular flexibility index (Phi) is 4.50. The Morgan fingerprint density at radius 2 is 2.11 bits per heavy atom. The van der Waals surface area contributed by atoms with E-state index >= 15 is 0 Å². The summed E-state index contributed by atoms with van der Waals surface area (Å²) in [5.41, 5.74) is -0.163. The zero-order valence-electron chi connectivity index (χ0n) is 9.88. The summed E-state index contributed by atoms with van der Waals surface area (Å²) >= 11 is 7.98. The molecular formula is C13H15ClINO2. The lowest BCUT2D eigenvalue weighted by Crippen LogP contribution is -2.40. The second-order valence-corrected chi connectivity index (χ2v) is 6.34. The molecule has 0 radical (unpaired) electrons. The maximum absolute atomic E-state index is 12.0. The predicted octanol–water partition coefficient (Wildman–Crippen LogP) is 2.98. The van der Waals surface area contributed by atoms with E-state index in [-0.39, 0.29) is 5.91 Å². The molecule has 0 spiro atoms. The molecule has 0 aliphatic heterocycles. The molecule has 18 heavy (non-hydrogen) atoms. The van der Waals surface area contributed by atoms with E-state index < -0.39 is 5.60 Å². The average Bonchev–Trinajstić information content (AvgIpc) is 2.77. The predicted molar refractivity (Wildman–Crippen MR) is 79.9 cm³/mol. The highest BCUT2D eigenvalue weighted by atomic mass is 127. The van der Waals surface area contributed by atoms with Crippen molar-refractivity contribution in [3.05, 3.63) is 32.4 Å². The van der Waals surface area contributed by atoms with Gasteiger partial charge in [0.25, 0.3) is 5.91 Å². The van der Waals surface area contributed by atoms with E-state index in [0.29, 0.717) is 17.1 Å². The van der Waals surface area contributed by atoms with Gasteiger partial charge in [0.2, 0.25) is 0 Å². The third kappa shape index (κ3) is 3.36. The van der Waals surface area contributed by atoms with Crippen LogP contribution in [0.15, 0.2) is 18.2 Å². The third-order valence-electron chi connectivity index (χ3n) is 3.29. The molecule has 5 heteroatoms. The van der Waals surface area contributed by atoms with Crippen molar-refractivity contribution in [1.29, 1.82) is 0 Å². The number of halogens is 2. The smallest absolute Gasteiger partial charge is 0.252 e. The topological polar surface area (TPSA) is 49.3 Å². The summed E-state index contributed by atoms with van der Waals surface area (Å²) in [7, 11) is 0. The molecular weight excluding hydrogens is 365 g/mol. The van der Waals surface area contributed by atoms with Gasteiger partial charge >= 0.3 is 0 Å². The minimum Gasteiger partial charge on any atom is -0.388 e. The van der Waals surface area contributed by atoms with Crippen LogP contribution in [0.1, 0.15) is 36.0 Å². The molecule has 1 aromatic rings. The number of hydrogen-bond donors (Lipinski definition) is 2. The molecule has 1 fully saturated rings. The lowest BCUT2D eigenvalue weighted by molar-refractivity contribution is 0.0449. The summed E-state index contributed by atoms with van der Waals surface area (Å²) in [6, 6.07) is 5.21. The normalized spacial score (nSPS) is 17.7. The summed E-state index contributed by atoms with van der Waals surface area (Å²) < 4.78 is 0.855. The molecule has 0 unspecified atom stereocenters. The number of amides is 1. The largest absolute Gasteiger partial charge is 0.388 e. The Hall–Kier alpha value is -0.330. The van der Waals surface area contributed by atoms with Gasteiger partial charge in [-0.05, 0) is 53.6 Å². The summed E-state index contributed by atoms with van der Waals surface area (Å²) in [6.45, 7) is 0.314. The monoisotopic (exact) mass is 379 g/mol. The number of aliphatic hydroxyl groups is 1. The summed E-state index contributed by atoms with van der Waals surface area (Å²) in [6.07, 6.45) is 3.59. The van der Waals surface area contributed by atoms with Gasteiger partial charge in [-0.2, -0.15) is 0 Å². The summed E-state index contributed by atoms with van der Waals surface area (Å²) in [5, 5.41) is 13.5. The zero-order chi connectivity index (χ0) is 13.2. The van der Waals surface area contributed by atoms with Crippen molar-refractivity contribution in [2.45, 2.75) is 31.3 Å². The highest BCUT2D eigenvalue weighted by molar-refractivity contribution is 14.1. The standard InChI is InChI=1S/C13H15ClINO2/c14-9-3-4-11(15)10(7-9)12(17)16-8-13(18)5-1-2-6-13/h3-4,7,18H,1-2,5-6,8H2,(H,16,17). The Morgan fingerprint density at radius 3 is 2.78 bits per heavy atom. The van der Waals surface area contributed by atoms with Crippen molar-refractivity contribution in [3.8, 4) is 0 Å². The average molecular weight is 380 g/mol. The van der Waals surface area contributed by atoms with Gasteiger partial charge in [-0.15, -0.1) is 0 Å². The Labute approximate surface area is 125 Å². The lowest BCUT2D eigenvalue weighted by atomic mass is 10.0. The highest BCUT2D eigenvalue weighted by Gasteiger charge is 2.31. The van der Waals surface area contributed by atoms with Gasteiger partial charge in [-0.3, -0.25) is 4.79 Å². The van der Waals surface area contributed by atoms with Crippen molar-refractivity contribution >= 4 is 40.1 Å². The van der Waals surface area contributed by atoms with E-state index in [2.05, 4.69) is 27.9 Å². The Bertz CT molecular complexity index is 458. The Balaban J connectivity index is 2.01. The highest BCUT2D eigenvalue weighted by Crippen LogP contribution is 2.28. The zero-order valence-corrected chi connectivity index (χ0v) is 12.8. The van der Waals surface area contributed by atoms with Crippen molar-refractivity contribution in [3.63, 3.8) is 0 Å². The fourth-order valence-corrected chi connectivity index (χ4v) is 2.97. The number of nitrogens with one attached hydrogen (secondary N) is 1. The molecule has 0 atom stereocenters. The molecule has 2 rings (SSSR count). The van der Waals surface area contributed by atoms with E-state index in [9.17, 15) is 9.90 Å². The second-order valence-electron chi connectivity index (χ2n) is 4.74. The first-order valence-electron chi connectivity index (χ1n) is 5.96. The molecule has 2 N–H and O–H groups in total. The lowest BCUT2D eigenvalue weighted by Gasteiger charge is -2.22. The maximum Gasteiger partial charge on any atom is 0.252 e. The molecule has 1 saturated carbocycles. The fraction of sp³-hybridized carbons (Fsp3) is 0.462. The van der Waals surface area contributed by atoms with Crippen LogP contribution in [0.25, 0.3) is 0 Å². The van der Waals surface area contributed by atoms with Crippen LogP contribution in [0, 0.1) is 3.57 Å². The quantitative estimate of drug-likeness (QED) is 0.793. The van der Waals surface area contributed by atoms with Gasteiger partial charge in [0.1, 0.15) is 0 Å². The van der Waals surface area contributed by atoms with Crippen LogP contribution in [-0.4, -0.2) is 23.2 Å². The molecule has 1 aromatic carbocycles.